The molecule has 0 fully saturated rings. The number of non-ortho nitro benzene ring substituents is 1. The van der Waals surface area contributed by atoms with Crippen molar-refractivity contribution in [2.24, 2.45) is 5.10 Å². The number of nitrogens with zero attached hydrogens (tertiary/aromatic N) is 2. The van der Waals surface area contributed by atoms with Crippen molar-refractivity contribution in [1.82, 2.24) is 0 Å². The van der Waals surface area contributed by atoms with Gasteiger partial charge in [-0.3, -0.25) is 15.5 Å². The van der Waals surface area contributed by atoms with E-state index in [2.05, 4.69) is 17.5 Å². The molecule has 0 saturated carbocycles. The summed E-state index contributed by atoms with van der Waals surface area (Å²) in [5, 5.41) is 15.0. The lowest BCUT2D eigenvalue weighted by Gasteiger charge is -2.07. The Morgan fingerprint density at radius 1 is 1.14 bits per heavy atom. The molecule has 0 radical (unpaired) electrons. The van der Waals surface area contributed by atoms with Crippen molar-refractivity contribution in [2.45, 2.75) is 19.8 Å². The number of hydrogen-bond donors (Lipinski definition) is 1. The zero-order valence-electron chi connectivity index (χ0n) is 11.8. The van der Waals surface area contributed by atoms with Crippen LogP contribution in [0, 0.1) is 10.1 Å². The van der Waals surface area contributed by atoms with Crippen LogP contribution in [-0.2, 0) is 0 Å². The van der Waals surface area contributed by atoms with Gasteiger partial charge in [0.05, 0.1) is 16.3 Å². The third kappa shape index (κ3) is 4.14. The number of hydrazone groups is 1. The SMILES string of the molecule is CCC/C(=N\Nc1ccc([N+](=O)[O-])cc1)c1ccccc1. The first kappa shape index (κ1) is 14.7. The lowest BCUT2D eigenvalue weighted by molar-refractivity contribution is -0.384. The maximum atomic E-state index is 10.6. The molecule has 0 heterocycles. The van der Waals surface area contributed by atoms with Crippen LogP contribution in [0.2, 0.25) is 0 Å². The number of nitro groups is 1. The van der Waals surface area contributed by atoms with Crippen molar-refractivity contribution in [3.05, 3.63) is 70.3 Å². The van der Waals surface area contributed by atoms with Crippen LogP contribution >= 0.6 is 0 Å². The highest BCUT2D eigenvalue weighted by molar-refractivity contribution is 6.00. The molecule has 5 heteroatoms. The summed E-state index contributed by atoms with van der Waals surface area (Å²) in [4.78, 5) is 10.2. The fourth-order valence-electron chi connectivity index (χ4n) is 1.92. The van der Waals surface area contributed by atoms with Gasteiger partial charge in [-0.1, -0.05) is 43.7 Å². The lowest BCUT2D eigenvalue weighted by Crippen LogP contribution is -2.04. The van der Waals surface area contributed by atoms with Crippen LogP contribution in [0.4, 0.5) is 11.4 Å². The van der Waals surface area contributed by atoms with E-state index in [-0.39, 0.29) is 5.69 Å². The summed E-state index contributed by atoms with van der Waals surface area (Å²) in [6, 6.07) is 16.2. The Morgan fingerprint density at radius 3 is 2.38 bits per heavy atom. The minimum absolute atomic E-state index is 0.0707. The van der Waals surface area contributed by atoms with Gasteiger partial charge in [-0.05, 0) is 24.1 Å². The normalized spacial score (nSPS) is 11.2. The van der Waals surface area contributed by atoms with Gasteiger partial charge in [0.1, 0.15) is 0 Å². The number of rotatable bonds is 6. The molecule has 2 aromatic rings. The van der Waals surface area contributed by atoms with Gasteiger partial charge in [0.2, 0.25) is 0 Å². The summed E-state index contributed by atoms with van der Waals surface area (Å²) in [6.07, 6.45) is 1.86. The number of anilines is 1. The molecule has 5 nitrogen and oxygen atoms in total. The van der Waals surface area contributed by atoms with Crippen molar-refractivity contribution in [2.75, 3.05) is 5.43 Å². The van der Waals surface area contributed by atoms with E-state index in [4.69, 9.17) is 0 Å². The molecule has 0 unspecified atom stereocenters. The monoisotopic (exact) mass is 283 g/mol. The summed E-state index contributed by atoms with van der Waals surface area (Å²) < 4.78 is 0. The first-order valence-corrected chi connectivity index (χ1v) is 6.83. The molecule has 2 aromatic carbocycles. The van der Waals surface area contributed by atoms with Crippen molar-refractivity contribution < 1.29 is 4.92 Å². The molecule has 0 aliphatic carbocycles. The molecule has 0 bridgehead atoms. The molecule has 0 aliphatic rings. The molecule has 0 amide bonds. The van der Waals surface area contributed by atoms with E-state index in [0.29, 0.717) is 0 Å². The minimum atomic E-state index is -0.417. The maximum Gasteiger partial charge on any atom is 0.269 e. The Balaban J connectivity index is 2.14. The van der Waals surface area contributed by atoms with Gasteiger partial charge in [0.15, 0.2) is 0 Å². The van der Waals surface area contributed by atoms with Crippen molar-refractivity contribution >= 4 is 17.1 Å². The van der Waals surface area contributed by atoms with Gasteiger partial charge in [-0.25, -0.2) is 0 Å². The average Bonchev–Trinajstić information content (AvgIpc) is 2.52. The van der Waals surface area contributed by atoms with Crippen LogP contribution in [-0.4, -0.2) is 10.6 Å². The maximum absolute atomic E-state index is 10.6. The highest BCUT2D eigenvalue weighted by Crippen LogP contribution is 2.16. The van der Waals surface area contributed by atoms with Crippen LogP contribution in [0.3, 0.4) is 0 Å². The standard InChI is InChI=1S/C16H17N3O2/c1-2-6-16(13-7-4-3-5-8-13)18-17-14-9-11-15(12-10-14)19(20)21/h3-5,7-12,17H,2,6H2,1H3/b18-16+. The highest BCUT2D eigenvalue weighted by atomic mass is 16.6. The molecule has 0 atom stereocenters. The molecule has 0 aliphatic heterocycles. The molecule has 0 spiro atoms. The smallest absolute Gasteiger partial charge is 0.269 e. The predicted octanol–water partition coefficient (Wildman–Crippen LogP) is 4.21. The fraction of sp³-hybridized carbons (Fsp3) is 0.188. The van der Waals surface area contributed by atoms with Gasteiger partial charge in [0, 0.05) is 12.1 Å². The summed E-state index contributed by atoms with van der Waals surface area (Å²) in [5.74, 6) is 0. The first-order valence-electron chi connectivity index (χ1n) is 6.83. The van der Waals surface area contributed by atoms with E-state index in [9.17, 15) is 10.1 Å². The molecular weight excluding hydrogens is 266 g/mol. The second-order valence-corrected chi connectivity index (χ2v) is 4.59. The lowest BCUT2D eigenvalue weighted by atomic mass is 10.1. The fourth-order valence-corrected chi connectivity index (χ4v) is 1.92. The van der Waals surface area contributed by atoms with Crippen molar-refractivity contribution in [1.29, 1.82) is 0 Å². The van der Waals surface area contributed by atoms with Crippen LogP contribution in [0.1, 0.15) is 25.3 Å². The zero-order chi connectivity index (χ0) is 15.1. The minimum Gasteiger partial charge on any atom is -0.278 e. The van der Waals surface area contributed by atoms with E-state index in [1.807, 2.05) is 30.3 Å². The second kappa shape index (κ2) is 7.19. The summed E-state index contributed by atoms with van der Waals surface area (Å²) in [5.41, 5.74) is 5.80. The van der Waals surface area contributed by atoms with Gasteiger partial charge < -0.3 is 0 Å². The Kier molecular flexibility index (Phi) is 5.04. The van der Waals surface area contributed by atoms with E-state index in [0.717, 1.165) is 29.8 Å². The first-order chi connectivity index (χ1) is 10.2. The molecule has 108 valence electrons. The highest BCUT2D eigenvalue weighted by Gasteiger charge is 2.04. The Labute approximate surface area is 123 Å². The molecule has 0 aromatic heterocycles. The zero-order valence-corrected chi connectivity index (χ0v) is 11.8. The van der Waals surface area contributed by atoms with E-state index in [1.165, 1.54) is 12.1 Å². The summed E-state index contributed by atoms with van der Waals surface area (Å²) >= 11 is 0. The van der Waals surface area contributed by atoms with Gasteiger partial charge >= 0.3 is 0 Å². The van der Waals surface area contributed by atoms with E-state index >= 15 is 0 Å². The number of nitro benzene ring substituents is 1. The quantitative estimate of drug-likeness (QED) is 0.490. The van der Waals surface area contributed by atoms with Crippen molar-refractivity contribution in [3.8, 4) is 0 Å². The van der Waals surface area contributed by atoms with E-state index < -0.39 is 4.92 Å². The topological polar surface area (TPSA) is 67.5 Å². The Hall–Kier alpha value is -2.69. The molecule has 21 heavy (non-hydrogen) atoms. The van der Waals surface area contributed by atoms with Gasteiger partial charge in [-0.15, -0.1) is 0 Å². The Morgan fingerprint density at radius 2 is 1.81 bits per heavy atom. The average molecular weight is 283 g/mol. The van der Waals surface area contributed by atoms with Crippen molar-refractivity contribution in [3.63, 3.8) is 0 Å². The molecule has 0 saturated heterocycles. The number of benzene rings is 2. The molecule has 2 rings (SSSR count). The van der Waals surface area contributed by atoms with Crippen LogP contribution in [0.5, 0.6) is 0 Å². The van der Waals surface area contributed by atoms with E-state index in [1.54, 1.807) is 12.1 Å². The van der Waals surface area contributed by atoms with Crippen LogP contribution in [0.15, 0.2) is 59.7 Å². The summed E-state index contributed by atoms with van der Waals surface area (Å²) in [6.45, 7) is 2.10. The molecule has 1 N–H and O–H groups in total. The third-order valence-electron chi connectivity index (χ3n) is 2.99. The molecular formula is C16H17N3O2. The van der Waals surface area contributed by atoms with Gasteiger partial charge in [0.25, 0.3) is 5.69 Å². The van der Waals surface area contributed by atoms with Gasteiger partial charge in [-0.2, -0.15) is 5.10 Å². The Bertz CT molecular complexity index is 622. The predicted molar refractivity (Wildman–Crippen MR) is 84.6 cm³/mol. The van der Waals surface area contributed by atoms with Crippen LogP contribution < -0.4 is 5.43 Å². The van der Waals surface area contributed by atoms with Crippen LogP contribution in [0.25, 0.3) is 0 Å². The summed E-state index contributed by atoms with van der Waals surface area (Å²) in [7, 11) is 0. The number of nitrogens with one attached hydrogen (secondary N) is 1. The second-order valence-electron chi connectivity index (χ2n) is 4.59. The largest absolute Gasteiger partial charge is 0.278 e. The third-order valence-corrected chi connectivity index (χ3v) is 2.99. The number of hydrogen-bond acceptors (Lipinski definition) is 4.